The lowest BCUT2D eigenvalue weighted by Gasteiger charge is -2.12. The molecule has 0 aliphatic rings. The highest BCUT2D eigenvalue weighted by atomic mass is 16.5. The summed E-state index contributed by atoms with van der Waals surface area (Å²) in [6, 6.07) is 17.3. The summed E-state index contributed by atoms with van der Waals surface area (Å²) in [4.78, 5) is 22.7. The van der Waals surface area contributed by atoms with Gasteiger partial charge in [0, 0.05) is 12.0 Å². The van der Waals surface area contributed by atoms with E-state index in [2.05, 4.69) is 10.9 Å². The van der Waals surface area contributed by atoms with Crippen LogP contribution in [0.3, 0.4) is 0 Å². The number of hydrogen-bond donors (Lipinski definition) is 2. The third-order valence-corrected chi connectivity index (χ3v) is 2.99. The zero-order valence-corrected chi connectivity index (χ0v) is 12.3. The van der Waals surface area contributed by atoms with E-state index in [0.29, 0.717) is 12.2 Å². The first-order valence-electron chi connectivity index (χ1n) is 7.05. The van der Waals surface area contributed by atoms with Crippen molar-refractivity contribution in [1.82, 2.24) is 10.9 Å². The minimum atomic E-state index is -0.412. The largest absolute Gasteiger partial charge is 0.483 e. The Kier molecular flexibility index (Phi) is 5.54. The van der Waals surface area contributed by atoms with Crippen LogP contribution in [-0.4, -0.2) is 18.4 Å². The van der Waals surface area contributed by atoms with Crippen molar-refractivity contribution in [1.29, 1.82) is 0 Å². The first-order valence-corrected chi connectivity index (χ1v) is 7.05. The van der Waals surface area contributed by atoms with Gasteiger partial charge >= 0.3 is 0 Å². The molecule has 0 saturated heterocycles. The van der Waals surface area contributed by atoms with Crippen molar-refractivity contribution in [2.45, 2.75) is 13.3 Å². The molecule has 2 aromatic rings. The zero-order valence-electron chi connectivity index (χ0n) is 12.3. The third-order valence-electron chi connectivity index (χ3n) is 2.99. The molecule has 114 valence electrons. The zero-order chi connectivity index (χ0) is 15.8. The fourth-order valence-electron chi connectivity index (χ4n) is 1.86. The Morgan fingerprint density at radius 1 is 0.909 bits per heavy atom. The second-order valence-electron chi connectivity index (χ2n) is 4.60. The number of amides is 2. The van der Waals surface area contributed by atoms with E-state index >= 15 is 0 Å². The van der Waals surface area contributed by atoms with Gasteiger partial charge in [0.25, 0.3) is 5.91 Å². The van der Waals surface area contributed by atoms with Crippen LogP contribution >= 0.6 is 0 Å². The van der Waals surface area contributed by atoms with Crippen molar-refractivity contribution in [3.63, 3.8) is 0 Å². The number of carbonyl (C=O) groups excluding carboxylic acids is 2. The molecule has 22 heavy (non-hydrogen) atoms. The van der Waals surface area contributed by atoms with Crippen LogP contribution in [0, 0.1) is 0 Å². The van der Waals surface area contributed by atoms with Gasteiger partial charge in [-0.2, -0.15) is 0 Å². The van der Waals surface area contributed by atoms with Gasteiger partial charge < -0.3 is 4.74 Å². The number of benzene rings is 2. The maximum absolute atomic E-state index is 11.6. The molecule has 0 aliphatic carbocycles. The van der Waals surface area contributed by atoms with E-state index in [-0.39, 0.29) is 12.5 Å². The molecule has 2 N–H and O–H groups in total. The standard InChI is InChI=1S/C17H18N2O3/c1-2-16(20)18-19-17(21)12-22-15-11-7-6-10-14(15)13-8-4-3-5-9-13/h3-11H,2,12H2,1H3,(H,18,20)(H,19,21). The Bertz CT molecular complexity index is 641. The first-order chi connectivity index (χ1) is 10.7. The van der Waals surface area contributed by atoms with Crippen LogP contribution in [-0.2, 0) is 9.59 Å². The number of hydrazine groups is 1. The predicted octanol–water partition coefficient (Wildman–Crippen LogP) is 2.29. The van der Waals surface area contributed by atoms with Crippen molar-refractivity contribution < 1.29 is 14.3 Å². The predicted molar refractivity (Wildman–Crippen MR) is 83.9 cm³/mol. The van der Waals surface area contributed by atoms with Gasteiger partial charge in [-0.05, 0) is 11.6 Å². The van der Waals surface area contributed by atoms with E-state index in [1.54, 1.807) is 13.0 Å². The Labute approximate surface area is 129 Å². The topological polar surface area (TPSA) is 67.4 Å². The molecule has 2 aromatic carbocycles. The van der Waals surface area contributed by atoms with Crippen LogP contribution in [0.2, 0.25) is 0 Å². The Morgan fingerprint density at radius 3 is 2.27 bits per heavy atom. The summed E-state index contributed by atoms with van der Waals surface area (Å²) in [5.74, 6) is -0.0478. The van der Waals surface area contributed by atoms with Crippen LogP contribution in [0.25, 0.3) is 11.1 Å². The molecule has 0 saturated carbocycles. The summed E-state index contributed by atoms with van der Waals surface area (Å²) in [7, 11) is 0. The minimum Gasteiger partial charge on any atom is -0.483 e. The highest BCUT2D eigenvalue weighted by Gasteiger charge is 2.08. The summed E-state index contributed by atoms with van der Waals surface area (Å²) < 4.78 is 5.56. The number of rotatable bonds is 5. The summed E-state index contributed by atoms with van der Waals surface area (Å²) in [6.45, 7) is 1.53. The average molecular weight is 298 g/mol. The fraction of sp³-hybridized carbons (Fsp3) is 0.176. The highest BCUT2D eigenvalue weighted by Crippen LogP contribution is 2.29. The van der Waals surface area contributed by atoms with Gasteiger partial charge in [0.2, 0.25) is 5.91 Å². The van der Waals surface area contributed by atoms with Crippen molar-refractivity contribution in [2.24, 2.45) is 0 Å². The van der Waals surface area contributed by atoms with Gasteiger partial charge in [0.15, 0.2) is 6.61 Å². The van der Waals surface area contributed by atoms with Crippen LogP contribution in [0.4, 0.5) is 0 Å². The molecule has 0 atom stereocenters. The summed E-state index contributed by atoms with van der Waals surface area (Å²) in [6.07, 6.45) is 0.304. The van der Waals surface area contributed by atoms with Gasteiger partial charge in [-0.25, -0.2) is 0 Å². The second-order valence-corrected chi connectivity index (χ2v) is 4.60. The van der Waals surface area contributed by atoms with Crippen LogP contribution in [0.5, 0.6) is 5.75 Å². The van der Waals surface area contributed by atoms with Crippen molar-refractivity contribution in [3.8, 4) is 16.9 Å². The van der Waals surface area contributed by atoms with Gasteiger partial charge in [-0.3, -0.25) is 20.4 Å². The van der Waals surface area contributed by atoms with Gasteiger partial charge in [0.1, 0.15) is 5.75 Å². The molecule has 2 amide bonds. The monoisotopic (exact) mass is 298 g/mol. The Hall–Kier alpha value is -2.82. The van der Waals surface area contributed by atoms with Crippen molar-refractivity contribution in [3.05, 3.63) is 54.6 Å². The fourth-order valence-corrected chi connectivity index (χ4v) is 1.86. The molecular weight excluding hydrogens is 280 g/mol. The normalized spacial score (nSPS) is 9.86. The minimum absolute atomic E-state index is 0.173. The van der Waals surface area contributed by atoms with Gasteiger partial charge in [-0.1, -0.05) is 55.5 Å². The molecule has 0 fully saturated rings. The van der Waals surface area contributed by atoms with Crippen LogP contribution in [0.1, 0.15) is 13.3 Å². The van der Waals surface area contributed by atoms with Crippen molar-refractivity contribution >= 4 is 11.8 Å². The smallest absolute Gasteiger partial charge is 0.276 e. The number of ether oxygens (including phenoxy) is 1. The van der Waals surface area contributed by atoms with E-state index in [0.717, 1.165) is 11.1 Å². The number of para-hydroxylation sites is 1. The number of nitrogens with one attached hydrogen (secondary N) is 2. The maximum Gasteiger partial charge on any atom is 0.276 e. The molecule has 5 nitrogen and oxygen atoms in total. The number of hydrogen-bond acceptors (Lipinski definition) is 3. The van der Waals surface area contributed by atoms with Crippen LogP contribution in [0.15, 0.2) is 54.6 Å². The molecule has 0 unspecified atom stereocenters. The lowest BCUT2D eigenvalue weighted by molar-refractivity contribution is -0.129. The van der Waals surface area contributed by atoms with Gasteiger partial charge in [-0.15, -0.1) is 0 Å². The molecule has 0 heterocycles. The maximum atomic E-state index is 11.6. The molecule has 5 heteroatoms. The molecule has 0 bridgehead atoms. The van der Waals surface area contributed by atoms with Gasteiger partial charge in [0.05, 0.1) is 0 Å². The molecule has 0 aromatic heterocycles. The Morgan fingerprint density at radius 2 is 1.55 bits per heavy atom. The summed E-state index contributed by atoms with van der Waals surface area (Å²) >= 11 is 0. The second kappa shape index (κ2) is 7.83. The average Bonchev–Trinajstić information content (AvgIpc) is 2.58. The van der Waals surface area contributed by atoms with E-state index in [1.807, 2.05) is 48.5 Å². The first kappa shape index (κ1) is 15.6. The molecule has 0 aliphatic heterocycles. The molecule has 0 radical (unpaired) electrons. The van der Waals surface area contributed by atoms with E-state index < -0.39 is 5.91 Å². The van der Waals surface area contributed by atoms with Crippen molar-refractivity contribution in [2.75, 3.05) is 6.61 Å². The summed E-state index contributed by atoms with van der Waals surface area (Å²) in [5.41, 5.74) is 6.52. The van der Waals surface area contributed by atoms with E-state index in [9.17, 15) is 9.59 Å². The highest BCUT2D eigenvalue weighted by molar-refractivity contribution is 5.82. The quantitative estimate of drug-likeness (QED) is 0.832. The lowest BCUT2D eigenvalue weighted by atomic mass is 10.1. The summed E-state index contributed by atoms with van der Waals surface area (Å²) in [5, 5.41) is 0. The SMILES string of the molecule is CCC(=O)NNC(=O)COc1ccccc1-c1ccccc1. The lowest BCUT2D eigenvalue weighted by Crippen LogP contribution is -2.43. The van der Waals surface area contributed by atoms with E-state index in [1.165, 1.54) is 0 Å². The molecular formula is C17H18N2O3. The third kappa shape index (κ3) is 4.34. The van der Waals surface area contributed by atoms with Crippen LogP contribution < -0.4 is 15.6 Å². The number of carbonyl (C=O) groups is 2. The molecule has 2 rings (SSSR count). The molecule has 0 spiro atoms. The van der Waals surface area contributed by atoms with E-state index in [4.69, 9.17) is 4.74 Å². The Balaban J connectivity index is 1.99.